The van der Waals surface area contributed by atoms with Crippen LogP contribution in [-0.4, -0.2) is 0 Å². The first-order valence-electron chi connectivity index (χ1n) is 4.42. The maximum atomic E-state index is 6.14. The quantitative estimate of drug-likeness (QED) is 0.813. The molecule has 0 fully saturated rings. The van der Waals surface area contributed by atoms with Crippen LogP contribution >= 0.6 is 45.5 Å². The molecule has 0 saturated carbocycles. The van der Waals surface area contributed by atoms with E-state index in [0.29, 0.717) is 0 Å². The van der Waals surface area contributed by atoms with Crippen molar-refractivity contribution in [2.45, 2.75) is 6.04 Å². The number of rotatable bonds is 2. The van der Waals surface area contributed by atoms with Gasteiger partial charge in [-0.2, -0.15) is 0 Å². The number of nitrogens with two attached hydrogens (primary N) is 1. The minimum Gasteiger partial charge on any atom is -0.320 e. The summed E-state index contributed by atoms with van der Waals surface area (Å²) >= 11 is 9.92. The van der Waals surface area contributed by atoms with E-state index in [9.17, 15) is 0 Å². The Balaban J connectivity index is 2.32. The monoisotopic (exact) mass is 349 g/mol. The van der Waals surface area contributed by atoms with E-state index >= 15 is 0 Å². The van der Waals surface area contributed by atoms with Crippen molar-refractivity contribution in [3.8, 4) is 0 Å². The molecule has 0 spiro atoms. The molecule has 1 aromatic carbocycles. The van der Waals surface area contributed by atoms with Crippen LogP contribution < -0.4 is 5.73 Å². The first-order chi connectivity index (χ1) is 7.18. The summed E-state index contributed by atoms with van der Waals surface area (Å²) in [4.78, 5) is 1.03. The van der Waals surface area contributed by atoms with Gasteiger partial charge in [0.1, 0.15) is 0 Å². The Kier molecular flexibility index (Phi) is 3.66. The Labute approximate surface area is 111 Å². The molecule has 0 saturated heterocycles. The second-order valence-electron chi connectivity index (χ2n) is 3.16. The average Bonchev–Trinajstić information content (AvgIpc) is 2.65. The summed E-state index contributed by atoms with van der Waals surface area (Å²) in [5.74, 6) is 0. The standard InChI is InChI=1S/C11H9ClINS/c12-9-5-6-15-11(9)10(14)7-1-3-8(13)4-2-7/h1-6,10H,14H2. The molecule has 1 heterocycles. The number of hydrogen-bond acceptors (Lipinski definition) is 2. The molecule has 0 radical (unpaired) electrons. The zero-order chi connectivity index (χ0) is 10.8. The fourth-order valence-electron chi connectivity index (χ4n) is 1.35. The molecule has 15 heavy (non-hydrogen) atoms. The van der Waals surface area contributed by atoms with Gasteiger partial charge < -0.3 is 5.73 Å². The van der Waals surface area contributed by atoms with Crippen molar-refractivity contribution in [1.82, 2.24) is 0 Å². The smallest absolute Gasteiger partial charge is 0.0661 e. The summed E-state index contributed by atoms with van der Waals surface area (Å²) in [7, 11) is 0. The predicted octanol–water partition coefficient (Wildman–Crippen LogP) is 4.05. The Hall–Kier alpha value is -0.100. The molecule has 1 atom stereocenters. The van der Waals surface area contributed by atoms with E-state index in [4.69, 9.17) is 17.3 Å². The van der Waals surface area contributed by atoms with E-state index in [1.807, 2.05) is 23.6 Å². The van der Waals surface area contributed by atoms with Gasteiger partial charge in [0.25, 0.3) is 0 Å². The Morgan fingerprint density at radius 3 is 2.40 bits per heavy atom. The summed E-state index contributed by atoms with van der Waals surface area (Å²) in [5, 5.41) is 2.72. The largest absolute Gasteiger partial charge is 0.320 e. The van der Waals surface area contributed by atoms with Gasteiger partial charge in [-0.15, -0.1) is 11.3 Å². The van der Waals surface area contributed by atoms with Gasteiger partial charge in [-0.3, -0.25) is 0 Å². The number of benzene rings is 1. The van der Waals surface area contributed by atoms with Crippen LogP contribution in [0.3, 0.4) is 0 Å². The lowest BCUT2D eigenvalue weighted by molar-refractivity contribution is 0.893. The summed E-state index contributed by atoms with van der Waals surface area (Å²) in [6.07, 6.45) is 0. The predicted molar refractivity (Wildman–Crippen MR) is 74.5 cm³/mol. The van der Waals surface area contributed by atoms with Crippen LogP contribution in [0.2, 0.25) is 5.02 Å². The zero-order valence-corrected chi connectivity index (χ0v) is 11.5. The van der Waals surface area contributed by atoms with Crippen LogP contribution in [0.15, 0.2) is 35.7 Å². The second kappa shape index (κ2) is 4.82. The molecule has 4 heteroatoms. The molecule has 1 aromatic heterocycles. The van der Waals surface area contributed by atoms with Crippen LogP contribution in [0.25, 0.3) is 0 Å². The Morgan fingerprint density at radius 2 is 1.87 bits per heavy atom. The lowest BCUT2D eigenvalue weighted by atomic mass is 10.1. The first kappa shape index (κ1) is 11.4. The highest BCUT2D eigenvalue weighted by molar-refractivity contribution is 14.1. The topological polar surface area (TPSA) is 26.0 Å². The van der Waals surface area contributed by atoms with Crippen LogP contribution in [0.5, 0.6) is 0 Å². The van der Waals surface area contributed by atoms with E-state index in [1.54, 1.807) is 11.3 Å². The molecule has 2 N–H and O–H groups in total. The molecule has 0 aliphatic heterocycles. The molecule has 1 unspecified atom stereocenters. The lowest BCUT2D eigenvalue weighted by Gasteiger charge is -2.10. The van der Waals surface area contributed by atoms with Gasteiger partial charge in [0, 0.05) is 8.45 Å². The lowest BCUT2D eigenvalue weighted by Crippen LogP contribution is -2.10. The summed E-state index contributed by atoms with van der Waals surface area (Å²) in [5.41, 5.74) is 7.23. The normalized spacial score (nSPS) is 12.7. The second-order valence-corrected chi connectivity index (χ2v) is 5.76. The van der Waals surface area contributed by atoms with Crippen LogP contribution in [0.4, 0.5) is 0 Å². The number of halogens is 2. The molecule has 1 nitrogen and oxygen atoms in total. The minimum atomic E-state index is -0.116. The van der Waals surface area contributed by atoms with E-state index < -0.39 is 0 Å². The summed E-state index contributed by atoms with van der Waals surface area (Å²) in [6.45, 7) is 0. The molecule has 78 valence electrons. The highest BCUT2D eigenvalue weighted by atomic mass is 127. The van der Waals surface area contributed by atoms with Crippen molar-refractivity contribution in [2.24, 2.45) is 5.73 Å². The number of thiophene rings is 1. The van der Waals surface area contributed by atoms with Gasteiger partial charge >= 0.3 is 0 Å². The highest BCUT2D eigenvalue weighted by Gasteiger charge is 2.13. The molecule has 2 aromatic rings. The van der Waals surface area contributed by atoms with Crippen LogP contribution in [0, 0.1) is 3.57 Å². The Morgan fingerprint density at radius 1 is 1.20 bits per heavy atom. The molecule has 0 amide bonds. The van der Waals surface area contributed by atoms with E-state index in [1.165, 1.54) is 3.57 Å². The van der Waals surface area contributed by atoms with Crippen molar-refractivity contribution >= 4 is 45.5 Å². The van der Waals surface area contributed by atoms with Crippen LogP contribution in [-0.2, 0) is 0 Å². The van der Waals surface area contributed by atoms with Gasteiger partial charge in [0.05, 0.1) is 11.1 Å². The van der Waals surface area contributed by atoms with E-state index in [2.05, 4.69) is 34.7 Å². The van der Waals surface area contributed by atoms with Crippen molar-refractivity contribution < 1.29 is 0 Å². The molecule has 2 rings (SSSR count). The zero-order valence-electron chi connectivity index (χ0n) is 7.78. The maximum Gasteiger partial charge on any atom is 0.0661 e. The van der Waals surface area contributed by atoms with Gasteiger partial charge in [-0.05, 0) is 51.7 Å². The van der Waals surface area contributed by atoms with Crippen molar-refractivity contribution in [3.63, 3.8) is 0 Å². The fraction of sp³-hybridized carbons (Fsp3) is 0.0909. The molecular weight excluding hydrogens is 341 g/mol. The molecular formula is C11H9ClINS. The van der Waals surface area contributed by atoms with Crippen molar-refractivity contribution in [2.75, 3.05) is 0 Å². The molecule has 0 bridgehead atoms. The number of hydrogen-bond donors (Lipinski definition) is 1. The van der Waals surface area contributed by atoms with Gasteiger partial charge in [0.2, 0.25) is 0 Å². The molecule has 0 aliphatic rings. The van der Waals surface area contributed by atoms with Crippen molar-refractivity contribution in [3.05, 3.63) is 54.7 Å². The maximum absolute atomic E-state index is 6.14. The van der Waals surface area contributed by atoms with E-state index in [-0.39, 0.29) is 6.04 Å². The van der Waals surface area contributed by atoms with Gasteiger partial charge in [-0.1, -0.05) is 23.7 Å². The average molecular weight is 350 g/mol. The SMILES string of the molecule is NC(c1ccc(I)cc1)c1sccc1Cl. The van der Waals surface area contributed by atoms with Gasteiger partial charge in [-0.25, -0.2) is 0 Å². The fourth-order valence-corrected chi connectivity index (χ4v) is 2.91. The van der Waals surface area contributed by atoms with E-state index in [0.717, 1.165) is 15.5 Å². The first-order valence-corrected chi connectivity index (χ1v) is 6.76. The van der Waals surface area contributed by atoms with Gasteiger partial charge in [0.15, 0.2) is 0 Å². The van der Waals surface area contributed by atoms with Crippen LogP contribution in [0.1, 0.15) is 16.5 Å². The minimum absolute atomic E-state index is 0.116. The van der Waals surface area contributed by atoms with Crippen molar-refractivity contribution in [1.29, 1.82) is 0 Å². The molecule has 0 aliphatic carbocycles. The third-order valence-electron chi connectivity index (χ3n) is 2.16. The highest BCUT2D eigenvalue weighted by Crippen LogP contribution is 2.31. The summed E-state index contributed by atoms with van der Waals surface area (Å²) < 4.78 is 1.21. The third kappa shape index (κ3) is 2.53. The summed E-state index contributed by atoms with van der Waals surface area (Å²) in [6, 6.07) is 9.96. The third-order valence-corrected chi connectivity index (χ3v) is 4.32. The Bertz CT molecular complexity index is 452.